The second kappa shape index (κ2) is 6.26. The van der Waals surface area contributed by atoms with E-state index in [0.29, 0.717) is 0 Å². The summed E-state index contributed by atoms with van der Waals surface area (Å²) in [6, 6.07) is 2.05. The van der Waals surface area contributed by atoms with Crippen LogP contribution in [0.2, 0.25) is 0 Å². The Labute approximate surface area is 126 Å². The summed E-state index contributed by atoms with van der Waals surface area (Å²) in [5.74, 6) is 0.585. The van der Waals surface area contributed by atoms with E-state index in [0.717, 1.165) is 36.6 Å². The van der Waals surface area contributed by atoms with Gasteiger partial charge in [0.15, 0.2) is 0 Å². The van der Waals surface area contributed by atoms with E-state index in [4.69, 9.17) is 4.74 Å². The number of hydrogen-bond donors (Lipinski definition) is 1. The van der Waals surface area contributed by atoms with Crippen LogP contribution >= 0.6 is 0 Å². The van der Waals surface area contributed by atoms with Crippen LogP contribution in [-0.4, -0.2) is 41.6 Å². The number of esters is 1. The Morgan fingerprint density at radius 1 is 1.48 bits per heavy atom. The zero-order chi connectivity index (χ0) is 15.5. The molecule has 0 aliphatic carbocycles. The summed E-state index contributed by atoms with van der Waals surface area (Å²) in [5, 5.41) is 3.31. The van der Waals surface area contributed by atoms with Crippen molar-refractivity contribution in [2.24, 2.45) is 0 Å². The summed E-state index contributed by atoms with van der Waals surface area (Å²) in [6.07, 6.45) is 4.95. The number of anilines is 1. The van der Waals surface area contributed by atoms with Crippen LogP contribution < -0.4 is 5.32 Å². The first-order chi connectivity index (χ1) is 9.83. The molecule has 0 radical (unpaired) electrons. The van der Waals surface area contributed by atoms with Gasteiger partial charge in [-0.3, -0.25) is 0 Å². The number of aromatic nitrogens is 1. The molecule has 0 atom stereocenters. The van der Waals surface area contributed by atoms with Crippen molar-refractivity contribution in [3.05, 3.63) is 29.5 Å². The van der Waals surface area contributed by atoms with Crippen molar-refractivity contribution >= 4 is 17.9 Å². The molecule has 1 aliphatic heterocycles. The van der Waals surface area contributed by atoms with Crippen LogP contribution in [0.3, 0.4) is 0 Å². The number of hydrogen-bond acceptors (Lipinski definition) is 5. The van der Waals surface area contributed by atoms with Gasteiger partial charge in [-0.05, 0) is 45.5 Å². The number of ether oxygens (including phenoxy) is 1. The van der Waals surface area contributed by atoms with Gasteiger partial charge in [-0.25, -0.2) is 9.78 Å². The predicted octanol–water partition coefficient (Wildman–Crippen LogP) is 2.29. The Morgan fingerprint density at radius 2 is 2.24 bits per heavy atom. The van der Waals surface area contributed by atoms with Crippen molar-refractivity contribution in [2.45, 2.75) is 32.9 Å². The van der Waals surface area contributed by atoms with Crippen molar-refractivity contribution in [1.82, 2.24) is 9.88 Å². The molecule has 1 aliphatic rings. The Balaban J connectivity index is 2.10. The van der Waals surface area contributed by atoms with Gasteiger partial charge in [-0.15, -0.1) is 0 Å². The van der Waals surface area contributed by atoms with E-state index in [-0.39, 0.29) is 5.97 Å². The molecule has 0 fully saturated rings. The maximum absolute atomic E-state index is 11.7. The van der Waals surface area contributed by atoms with Crippen molar-refractivity contribution in [2.75, 3.05) is 25.5 Å². The van der Waals surface area contributed by atoms with Gasteiger partial charge in [0.05, 0.1) is 0 Å². The van der Waals surface area contributed by atoms with Crippen LogP contribution in [0.4, 0.5) is 5.82 Å². The summed E-state index contributed by atoms with van der Waals surface area (Å²) >= 11 is 0. The molecule has 0 spiro atoms. The quantitative estimate of drug-likeness (QED) is 0.669. The molecule has 5 heteroatoms. The molecule has 0 saturated heterocycles. The highest BCUT2D eigenvalue weighted by molar-refractivity contribution is 5.87. The molecule has 1 N–H and O–H groups in total. The molecular formula is C16H23N3O2. The molecule has 0 bridgehead atoms. The zero-order valence-corrected chi connectivity index (χ0v) is 13.1. The summed E-state index contributed by atoms with van der Waals surface area (Å²) in [6.45, 7) is 8.28. The Hall–Kier alpha value is -1.88. The van der Waals surface area contributed by atoms with Gasteiger partial charge in [-0.1, -0.05) is 0 Å². The summed E-state index contributed by atoms with van der Waals surface area (Å²) in [5.41, 5.74) is 1.57. The lowest BCUT2D eigenvalue weighted by atomic mass is 10.1. The maximum Gasteiger partial charge on any atom is 0.331 e. The van der Waals surface area contributed by atoms with Crippen LogP contribution in [-0.2, 0) is 16.1 Å². The fourth-order valence-corrected chi connectivity index (χ4v) is 2.13. The number of carbonyl (C=O) groups is 1. The van der Waals surface area contributed by atoms with Crippen LogP contribution in [0, 0.1) is 0 Å². The van der Waals surface area contributed by atoms with Crippen molar-refractivity contribution in [3.8, 4) is 0 Å². The molecule has 1 aromatic rings. The lowest BCUT2D eigenvalue weighted by molar-refractivity contribution is -0.148. The lowest BCUT2D eigenvalue weighted by Crippen LogP contribution is -2.22. The largest absolute Gasteiger partial charge is 0.457 e. The third-order valence-corrected chi connectivity index (χ3v) is 3.03. The van der Waals surface area contributed by atoms with E-state index in [1.807, 2.05) is 20.8 Å². The van der Waals surface area contributed by atoms with E-state index < -0.39 is 5.60 Å². The van der Waals surface area contributed by atoms with Crippen molar-refractivity contribution < 1.29 is 9.53 Å². The van der Waals surface area contributed by atoms with Crippen molar-refractivity contribution in [3.63, 3.8) is 0 Å². The van der Waals surface area contributed by atoms with Gasteiger partial charge in [0.2, 0.25) is 0 Å². The first-order valence-corrected chi connectivity index (χ1v) is 7.16. The smallest absolute Gasteiger partial charge is 0.331 e. The first kappa shape index (κ1) is 15.5. The maximum atomic E-state index is 11.7. The van der Waals surface area contributed by atoms with Gasteiger partial charge in [0, 0.05) is 37.5 Å². The van der Waals surface area contributed by atoms with E-state index in [1.54, 1.807) is 12.3 Å². The molecule has 21 heavy (non-hydrogen) atoms. The zero-order valence-electron chi connectivity index (χ0n) is 13.1. The standard InChI is InChI=1S/C16H23N3O2/c1-16(2,3)21-14(20)6-5-12-9-13-11-19(4)8-7-17-15(13)18-10-12/h5-6,9-10H,7-8,11H2,1-4H3,(H,17,18). The fraction of sp³-hybridized carbons (Fsp3) is 0.500. The molecule has 0 amide bonds. The van der Waals surface area contributed by atoms with Gasteiger partial charge in [0.1, 0.15) is 11.4 Å². The molecule has 2 rings (SSSR count). The van der Waals surface area contributed by atoms with E-state index in [2.05, 4.69) is 28.3 Å². The number of pyridine rings is 1. The number of fused-ring (bicyclic) bond motifs is 1. The van der Waals surface area contributed by atoms with Gasteiger partial charge in [-0.2, -0.15) is 0 Å². The van der Waals surface area contributed by atoms with E-state index in [9.17, 15) is 4.79 Å². The summed E-state index contributed by atoms with van der Waals surface area (Å²) in [4.78, 5) is 18.3. The third kappa shape index (κ3) is 4.86. The summed E-state index contributed by atoms with van der Waals surface area (Å²) in [7, 11) is 2.08. The summed E-state index contributed by atoms with van der Waals surface area (Å²) < 4.78 is 5.24. The topological polar surface area (TPSA) is 54.5 Å². The number of nitrogens with one attached hydrogen (secondary N) is 1. The molecule has 2 heterocycles. The minimum Gasteiger partial charge on any atom is -0.457 e. The molecule has 0 unspecified atom stereocenters. The molecule has 114 valence electrons. The first-order valence-electron chi connectivity index (χ1n) is 7.16. The van der Waals surface area contributed by atoms with E-state index >= 15 is 0 Å². The van der Waals surface area contributed by atoms with Crippen LogP contribution in [0.25, 0.3) is 6.08 Å². The van der Waals surface area contributed by atoms with Crippen LogP contribution in [0.1, 0.15) is 31.9 Å². The highest BCUT2D eigenvalue weighted by Gasteiger charge is 2.14. The normalized spacial score (nSPS) is 16.2. The molecule has 0 saturated carbocycles. The Morgan fingerprint density at radius 3 is 2.95 bits per heavy atom. The minimum atomic E-state index is -0.472. The predicted molar refractivity (Wildman–Crippen MR) is 83.9 cm³/mol. The number of carbonyl (C=O) groups excluding carboxylic acids is 1. The minimum absolute atomic E-state index is 0.340. The lowest BCUT2D eigenvalue weighted by Gasteiger charge is -2.17. The Kier molecular flexibility index (Phi) is 4.63. The second-order valence-electron chi connectivity index (χ2n) is 6.31. The van der Waals surface area contributed by atoms with E-state index in [1.165, 1.54) is 6.08 Å². The molecule has 5 nitrogen and oxygen atoms in total. The molecule has 0 aromatic carbocycles. The average molecular weight is 289 g/mol. The monoisotopic (exact) mass is 289 g/mol. The SMILES string of the molecule is CN1CCNc2ncc(C=CC(=O)OC(C)(C)C)cc2C1. The van der Waals surface area contributed by atoms with Crippen LogP contribution in [0.15, 0.2) is 18.3 Å². The molecule has 1 aromatic heterocycles. The van der Waals surface area contributed by atoms with Crippen LogP contribution in [0.5, 0.6) is 0 Å². The Bertz CT molecular complexity index is 547. The number of rotatable bonds is 2. The second-order valence-corrected chi connectivity index (χ2v) is 6.31. The highest BCUT2D eigenvalue weighted by Crippen LogP contribution is 2.19. The number of nitrogens with zero attached hydrogens (tertiary/aromatic N) is 2. The molecular weight excluding hydrogens is 266 g/mol. The third-order valence-electron chi connectivity index (χ3n) is 3.03. The van der Waals surface area contributed by atoms with Gasteiger partial charge in [0.25, 0.3) is 0 Å². The fourth-order valence-electron chi connectivity index (χ4n) is 2.13. The highest BCUT2D eigenvalue weighted by atomic mass is 16.6. The average Bonchev–Trinajstić information content (AvgIpc) is 2.54. The van der Waals surface area contributed by atoms with Gasteiger partial charge < -0.3 is 15.0 Å². The van der Waals surface area contributed by atoms with Gasteiger partial charge >= 0.3 is 5.97 Å². The number of likely N-dealkylation sites (N-methyl/N-ethyl adjacent to an activating group) is 1. The van der Waals surface area contributed by atoms with Crippen molar-refractivity contribution in [1.29, 1.82) is 0 Å².